The quantitative estimate of drug-likeness (QED) is 0.668. The molecule has 1 heterocycles. The minimum absolute atomic E-state index is 0.159. The second-order valence-corrected chi connectivity index (χ2v) is 5.66. The van der Waals surface area contributed by atoms with E-state index < -0.39 is 0 Å². The molecule has 0 aromatic rings. The summed E-state index contributed by atoms with van der Waals surface area (Å²) in [6.45, 7) is 11.2. The maximum Gasteiger partial charge on any atom is 0.0683 e. The molecule has 0 atom stereocenters. The highest BCUT2D eigenvalue weighted by Gasteiger charge is 2.15. The van der Waals surface area contributed by atoms with Crippen molar-refractivity contribution in [3.63, 3.8) is 0 Å². The van der Waals surface area contributed by atoms with Gasteiger partial charge in [0, 0.05) is 26.2 Å². The summed E-state index contributed by atoms with van der Waals surface area (Å²) in [5.41, 5.74) is -0.159. The fraction of sp³-hybridized carbons (Fsp3) is 0.929. The average Bonchev–Trinajstić information content (AvgIpc) is 2.39. The van der Waals surface area contributed by atoms with Crippen molar-refractivity contribution < 1.29 is 4.74 Å². The van der Waals surface area contributed by atoms with Crippen LogP contribution in [0.15, 0.2) is 0 Å². The Morgan fingerprint density at radius 2 is 1.94 bits per heavy atom. The zero-order chi connectivity index (χ0) is 13.3. The SMILES string of the molecule is CC(C)(C#N)CCCCNCCN1CCOCC1. The Kier molecular flexibility index (Phi) is 7.26. The molecule has 0 unspecified atom stereocenters. The maximum absolute atomic E-state index is 8.90. The van der Waals surface area contributed by atoms with Gasteiger partial charge in [-0.25, -0.2) is 0 Å². The first-order valence-electron chi connectivity index (χ1n) is 7.06. The Morgan fingerprint density at radius 3 is 2.61 bits per heavy atom. The van der Waals surface area contributed by atoms with Gasteiger partial charge in [-0.05, 0) is 33.2 Å². The van der Waals surface area contributed by atoms with E-state index in [-0.39, 0.29) is 5.41 Å². The summed E-state index contributed by atoms with van der Waals surface area (Å²) in [6.07, 6.45) is 3.29. The van der Waals surface area contributed by atoms with Crippen molar-refractivity contribution in [2.75, 3.05) is 45.9 Å². The van der Waals surface area contributed by atoms with Crippen LogP contribution in [-0.4, -0.2) is 50.8 Å². The van der Waals surface area contributed by atoms with Crippen LogP contribution in [0.4, 0.5) is 0 Å². The Morgan fingerprint density at radius 1 is 1.22 bits per heavy atom. The first kappa shape index (κ1) is 15.4. The molecule has 0 spiro atoms. The first-order valence-corrected chi connectivity index (χ1v) is 7.06. The van der Waals surface area contributed by atoms with Crippen LogP contribution in [0, 0.1) is 16.7 Å². The highest BCUT2D eigenvalue weighted by atomic mass is 16.5. The summed E-state index contributed by atoms with van der Waals surface area (Å²) < 4.78 is 5.31. The van der Waals surface area contributed by atoms with Crippen molar-refractivity contribution in [3.8, 4) is 6.07 Å². The van der Waals surface area contributed by atoms with Gasteiger partial charge in [0.1, 0.15) is 0 Å². The maximum atomic E-state index is 8.90. The molecule has 18 heavy (non-hydrogen) atoms. The standard InChI is InChI=1S/C14H27N3O/c1-14(2,13-15)5-3-4-6-16-7-8-17-9-11-18-12-10-17/h16H,3-12H2,1-2H3. The van der Waals surface area contributed by atoms with Crippen LogP contribution in [-0.2, 0) is 4.74 Å². The fourth-order valence-electron chi connectivity index (χ4n) is 2.06. The number of morpholine rings is 1. The van der Waals surface area contributed by atoms with E-state index in [0.29, 0.717) is 0 Å². The summed E-state index contributed by atoms with van der Waals surface area (Å²) in [6, 6.07) is 2.35. The molecule has 4 heteroatoms. The molecular weight excluding hydrogens is 226 g/mol. The Labute approximate surface area is 111 Å². The normalized spacial score (nSPS) is 17.6. The third-order valence-electron chi connectivity index (χ3n) is 3.42. The molecule has 0 amide bonds. The third-order valence-corrected chi connectivity index (χ3v) is 3.42. The highest BCUT2D eigenvalue weighted by molar-refractivity contribution is 4.91. The summed E-state index contributed by atoms with van der Waals surface area (Å²) in [5.74, 6) is 0. The number of rotatable bonds is 8. The van der Waals surface area contributed by atoms with Gasteiger partial charge in [-0.15, -0.1) is 0 Å². The molecule has 4 nitrogen and oxygen atoms in total. The van der Waals surface area contributed by atoms with Gasteiger partial charge in [-0.1, -0.05) is 6.42 Å². The monoisotopic (exact) mass is 253 g/mol. The first-order chi connectivity index (χ1) is 8.64. The van der Waals surface area contributed by atoms with Crippen LogP contribution in [0.25, 0.3) is 0 Å². The largest absolute Gasteiger partial charge is 0.379 e. The molecule has 1 rings (SSSR count). The number of nitrogens with one attached hydrogen (secondary N) is 1. The average molecular weight is 253 g/mol. The summed E-state index contributed by atoms with van der Waals surface area (Å²) >= 11 is 0. The van der Waals surface area contributed by atoms with Crippen LogP contribution in [0.5, 0.6) is 0 Å². The zero-order valence-electron chi connectivity index (χ0n) is 11.9. The van der Waals surface area contributed by atoms with Gasteiger partial charge in [-0.2, -0.15) is 5.26 Å². The number of hydrogen-bond donors (Lipinski definition) is 1. The van der Waals surface area contributed by atoms with Gasteiger partial charge in [-0.3, -0.25) is 4.90 Å². The van der Waals surface area contributed by atoms with Crippen LogP contribution in [0.2, 0.25) is 0 Å². The molecule has 0 bridgehead atoms. The van der Waals surface area contributed by atoms with Gasteiger partial charge >= 0.3 is 0 Å². The van der Waals surface area contributed by atoms with Crippen molar-refractivity contribution in [3.05, 3.63) is 0 Å². The lowest BCUT2D eigenvalue weighted by molar-refractivity contribution is 0.0384. The summed E-state index contributed by atoms with van der Waals surface area (Å²) in [5, 5.41) is 12.4. The van der Waals surface area contributed by atoms with E-state index in [1.165, 1.54) is 0 Å². The highest BCUT2D eigenvalue weighted by Crippen LogP contribution is 2.21. The van der Waals surface area contributed by atoms with Crippen molar-refractivity contribution in [2.45, 2.75) is 33.1 Å². The predicted molar refractivity (Wildman–Crippen MR) is 73.4 cm³/mol. The van der Waals surface area contributed by atoms with E-state index in [4.69, 9.17) is 10.00 Å². The third kappa shape index (κ3) is 6.95. The van der Waals surface area contributed by atoms with E-state index in [9.17, 15) is 0 Å². The molecule has 0 saturated carbocycles. The number of nitriles is 1. The lowest BCUT2D eigenvalue weighted by Crippen LogP contribution is -2.40. The van der Waals surface area contributed by atoms with Gasteiger partial charge in [0.25, 0.3) is 0 Å². The summed E-state index contributed by atoms with van der Waals surface area (Å²) in [4.78, 5) is 2.44. The van der Waals surface area contributed by atoms with Gasteiger partial charge in [0.05, 0.1) is 24.7 Å². The number of unbranched alkanes of at least 4 members (excludes halogenated alkanes) is 1. The molecule has 0 aromatic heterocycles. The number of nitrogens with zero attached hydrogens (tertiary/aromatic N) is 2. The molecule has 1 fully saturated rings. The van der Waals surface area contributed by atoms with Gasteiger partial charge in [0.15, 0.2) is 0 Å². The Balaban J connectivity index is 1.88. The van der Waals surface area contributed by atoms with E-state index in [2.05, 4.69) is 16.3 Å². The Bertz CT molecular complexity index is 254. The molecule has 0 aromatic carbocycles. The van der Waals surface area contributed by atoms with Crippen molar-refractivity contribution in [1.82, 2.24) is 10.2 Å². The lowest BCUT2D eigenvalue weighted by Gasteiger charge is -2.26. The molecule has 104 valence electrons. The Hall–Kier alpha value is -0.630. The van der Waals surface area contributed by atoms with E-state index in [0.717, 1.165) is 65.2 Å². The molecular formula is C14H27N3O. The van der Waals surface area contributed by atoms with Crippen LogP contribution in [0.3, 0.4) is 0 Å². The van der Waals surface area contributed by atoms with Crippen LogP contribution in [0.1, 0.15) is 33.1 Å². The predicted octanol–water partition coefficient (Wildman–Crippen LogP) is 1.63. The topological polar surface area (TPSA) is 48.3 Å². The molecule has 0 radical (unpaired) electrons. The second kappa shape index (κ2) is 8.47. The molecule has 1 aliphatic heterocycles. The van der Waals surface area contributed by atoms with Crippen LogP contribution >= 0.6 is 0 Å². The van der Waals surface area contributed by atoms with E-state index >= 15 is 0 Å². The van der Waals surface area contributed by atoms with Crippen molar-refractivity contribution in [1.29, 1.82) is 5.26 Å². The zero-order valence-corrected chi connectivity index (χ0v) is 11.9. The molecule has 0 aliphatic carbocycles. The summed E-state index contributed by atoms with van der Waals surface area (Å²) in [7, 11) is 0. The lowest BCUT2D eigenvalue weighted by atomic mass is 9.89. The van der Waals surface area contributed by atoms with E-state index in [1.807, 2.05) is 13.8 Å². The number of hydrogen-bond acceptors (Lipinski definition) is 4. The minimum Gasteiger partial charge on any atom is -0.379 e. The van der Waals surface area contributed by atoms with Gasteiger partial charge < -0.3 is 10.1 Å². The molecule has 1 saturated heterocycles. The number of ether oxygens (including phenoxy) is 1. The molecule has 1 aliphatic rings. The van der Waals surface area contributed by atoms with Gasteiger partial charge in [0.2, 0.25) is 0 Å². The molecule has 1 N–H and O–H groups in total. The minimum atomic E-state index is -0.159. The van der Waals surface area contributed by atoms with Crippen molar-refractivity contribution >= 4 is 0 Å². The van der Waals surface area contributed by atoms with Crippen molar-refractivity contribution in [2.24, 2.45) is 5.41 Å². The smallest absolute Gasteiger partial charge is 0.0683 e. The fourth-order valence-corrected chi connectivity index (χ4v) is 2.06. The van der Waals surface area contributed by atoms with E-state index in [1.54, 1.807) is 0 Å². The van der Waals surface area contributed by atoms with Crippen LogP contribution < -0.4 is 5.32 Å². The second-order valence-electron chi connectivity index (χ2n) is 5.66.